The molecule has 1 heterocycles. The molecule has 0 fully saturated rings. The summed E-state index contributed by atoms with van der Waals surface area (Å²) in [6.45, 7) is 6.26. The third kappa shape index (κ3) is 2.26. The van der Waals surface area contributed by atoms with Gasteiger partial charge in [0, 0.05) is 39.3 Å². The molecule has 1 aromatic heterocycles. The van der Waals surface area contributed by atoms with E-state index >= 15 is 0 Å². The van der Waals surface area contributed by atoms with Crippen LogP contribution in [-0.2, 0) is 39.5 Å². The average Bonchev–Trinajstić information content (AvgIpc) is 2.38. The molecule has 0 saturated carbocycles. The number of aromatic nitrogens is 1. The number of hydrogen-bond acceptors (Lipinski definition) is 2. The monoisotopic (exact) mass is 414 g/mol. The molecule has 0 atom stereocenters. The van der Waals surface area contributed by atoms with Crippen molar-refractivity contribution in [2.75, 3.05) is 0 Å². The first kappa shape index (κ1) is 13.4. The molecule has 3 rings (SSSR count). The fourth-order valence-corrected chi connectivity index (χ4v) is 2.30. The number of aryl methyl sites for hydroxylation is 2. The largest absolute Gasteiger partial charge is 0.328 e. The summed E-state index contributed by atoms with van der Waals surface area (Å²) in [4.78, 5) is 4.44. The Labute approximate surface area is 121 Å². The molecule has 0 aliphatic heterocycles. The molecule has 2 nitrogen and oxygen atoms in total. The van der Waals surface area contributed by atoms with Crippen LogP contribution in [0, 0.1) is 13.0 Å². The molecule has 1 aliphatic carbocycles. The molecule has 0 bridgehead atoms. The Bertz CT molecular complexity index is 579. The van der Waals surface area contributed by atoms with Crippen molar-refractivity contribution in [1.82, 2.24) is 4.98 Å². The van der Waals surface area contributed by atoms with Crippen molar-refractivity contribution in [3.63, 3.8) is 0 Å². The average molecular weight is 414 g/mol. The number of nitrogens with zero attached hydrogens (tertiary/aromatic N) is 1. The fraction of sp³-hybridized carbons (Fsp3) is 0.200. The third-order valence-electron chi connectivity index (χ3n) is 3.21. The second kappa shape index (κ2) is 5.31. The van der Waals surface area contributed by atoms with Crippen LogP contribution in [0.4, 0.5) is 0 Å². The number of rotatable bonds is 1. The van der Waals surface area contributed by atoms with E-state index in [1.54, 1.807) is 0 Å². The van der Waals surface area contributed by atoms with Gasteiger partial charge in [0.15, 0.2) is 0 Å². The zero-order valence-electron chi connectivity index (χ0n) is 9.87. The van der Waals surface area contributed by atoms with Crippen LogP contribution in [0.1, 0.15) is 22.4 Å². The van der Waals surface area contributed by atoms with E-state index in [9.17, 15) is 0 Å². The van der Waals surface area contributed by atoms with Gasteiger partial charge in [-0.3, -0.25) is 0 Å². The van der Waals surface area contributed by atoms with Gasteiger partial charge in [0.1, 0.15) is 0 Å². The van der Waals surface area contributed by atoms with Crippen LogP contribution in [0.5, 0.6) is 0 Å². The topological polar surface area (TPSA) is 38.9 Å². The maximum absolute atomic E-state index is 5.76. The Morgan fingerprint density at radius 2 is 1.89 bits per heavy atom. The molecular weight excluding hydrogens is 400 g/mol. The van der Waals surface area contributed by atoms with Gasteiger partial charge >= 0.3 is 0 Å². The first-order valence-electron chi connectivity index (χ1n) is 5.78. The molecule has 2 N–H and O–H groups in total. The Kier molecular flexibility index (Phi) is 3.96. The Morgan fingerprint density at radius 1 is 1.17 bits per heavy atom. The van der Waals surface area contributed by atoms with Crippen LogP contribution in [0.2, 0.25) is 0 Å². The summed E-state index contributed by atoms with van der Waals surface area (Å²) < 4.78 is 0. The maximum atomic E-state index is 5.76. The first-order chi connectivity index (χ1) is 8.28. The van der Waals surface area contributed by atoms with Gasteiger partial charge < -0.3 is 10.7 Å². The van der Waals surface area contributed by atoms with Crippen molar-refractivity contribution >= 4 is 0 Å². The summed E-state index contributed by atoms with van der Waals surface area (Å²) in [5.74, 6) is 0. The normalized spacial score (nSPS) is 12.3. The Balaban J connectivity index is 0.00000120. The van der Waals surface area contributed by atoms with Crippen molar-refractivity contribution < 1.29 is 20.1 Å². The number of nitrogens with two attached hydrogens (primary N) is 1. The van der Waals surface area contributed by atoms with E-state index in [2.05, 4.69) is 23.2 Å². The van der Waals surface area contributed by atoms with Crippen LogP contribution < -0.4 is 5.73 Å². The predicted octanol–water partition coefficient (Wildman–Crippen LogP) is 2.16. The molecule has 2 aromatic rings. The van der Waals surface area contributed by atoms with Gasteiger partial charge in [-0.25, -0.2) is 0 Å². The van der Waals surface area contributed by atoms with Crippen LogP contribution >= 0.6 is 0 Å². The summed E-state index contributed by atoms with van der Waals surface area (Å²) in [6.07, 6.45) is 2.06. The molecule has 1 aromatic carbocycles. The van der Waals surface area contributed by atoms with E-state index in [0.717, 1.165) is 29.7 Å². The molecule has 1 aliphatic rings. The number of pyridine rings is 1. The standard InChI is InChI=1S/C15H13N2.Ir/c1-10-2-4-13-7-6-12-5-3-11(9-16)8-14(12)15(13)17-10;/h1-5H,6-7,9,16H2;/q-1;. The minimum absolute atomic E-state index is 0. The van der Waals surface area contributed by atoms with Crippen molar-refractivity contribution in [2.45, 2.75) is 19.4 Å². The molecule has 3 radical (unpaired) electrons. The van der Waals surface area contributed by atoms with Gasteiger partial charge in [-0.1, -0.05) is 18.1 Å². The zero-order chi connectivity index (χ0) is 11.8. The SMILES string of the molecule is [CH]c1ccc2c(n1)-c1[c-]c(CN)ccc1CC2.[Ir]. The van der Waals surface area contributed by atoms with Gasteiger partial charge in [-0.2, -0.15) is 0 Å². The smallest absolute Gasteiger partial charge is 0.0342 e. The summed E-state index contributed by atoms with van der Waals surface area (Å²) in [5.41, 5.74) is 11.8. The molecule has 0 unspecified atom stereocenters. The van der Waals surface area contributed by atoms with E-state index < -0.39 is 0 Å². The second-order valence-electron chi connectivity index (χ2n) is 4.33. The van der Waals surface area contributed by atoms with Crippen molar-refractivity contribution in [3.05, 3.63) is 59.6 Å². The number of benzene rings is 1. The zero-order valence-corrected chi connectivity index (χ0v) is 12.3. The predicted molar refractivity (Wildman–Crippen MR) is 67.2 cm³/mol. The van der Waals surface area contributed by atoms with Crippen molar-refractivity contribution in [2.24, 2.45) is 5.73 Å². The van der Waals surface area contributed by atoms with Gasteiger partial charge in [0.2, 0.25) is 0 Å². The van der Waals surface area contributed by atoms with Gasteiger partial charge in [-0.05, 0) is 18.2 Å². The fourth-order valence-electron chi connectivity index (χ4n) is 2.30. The number of hydrogen-bond donors (Lipinski definition) is 1. The molecule has 3 heteroatoms. The molecular formula is C15H13IrN2-. The van der Waals surface area contributed by atoms with Crippen LogP contribution in [0.25, 0.3) is 11.3 Å². The number of fused-ring (bicyclic) bond motifs is 3. The van der Waals surface area contributed by atoms with Crippen molar-refractivity contribution in [3.8, 4) is 11.3 Å². The molecule has 0 amide bonds. The quantitative estimate of drug-likeness (QED) is 0.728. The minimum atomic E-state index is 0. The third-order valence-corrected chi connectivity index (χ3v) is 3.21. The van der Waals surface area contributed by atoms with Crippen LogP contribution in [0.15, 0.2) is 24.3 Å². The Morgan fingerprint density at radius 3 is 2.67 bits per heavy atom. The van der Waals surface area contributed by atoms with E-state index in [4.69, 9.17) is 12.7 Å². The van der Waals surface area contributed by atoms with Crippen molar-refractivity contribution in [1.29, 1.82) is 0 Å². The van der Waals surface area contributed by atoms with Gasteiger partial charge in [-0.15, -0.1) is 34.9 Å². The summed E-state index contributed by atoms with van der Waals surface area (Å²) >= 11 is 0. The Hall–Kier alpha value is -1.02. The summed E-state index contributed by atoms with van der Waals surface area (Å²) in [7, 11) is 0. The summed E-state index contributed by atoms with van der Waals surface area (Å²) in [5, 5.41) is 0. The minimum Gasteiger partial charge on any atom is -0.328 e. The second-order valence-corrected chi connectivity index (χ2v) is 4.33. The van der Waals surface area contributed by atoms with Crippen LogP contribution in [-0.4, -0.2) is 4.98 Å². The van der Waals surface area contributed by atoms with E-state index in [-0.39, 0.29) is 20.1 Å². The van der Waals surface area contributed by atoms with E-state index in [0.29, 0.717) is 12.2 Å². The molecule has 0 saturated heterocycles. The van der Waals surface area contributed by atoms with Gasteiger partial charge in [0.05, 0.1) is 0 Å². The summed E-state index contributed by atoms with van der Waals surface area (Å²) in [6, 6.07) is 11.4. The first-order valence-corrected chi connectivity index (χ1v) is 5.78. The molecule has 0 spiro atoms. The maximum Gasteiger partial charge on any atom is 0.0342 e. The van der Waals surface area contributed by atoms with E-state index in [1.807, 2.05) is 12.1 Å². The molecule has 93 valence electrons. The van der Waals surface area contributed by atoms with Crippen LogP contribution in [0.3, 0.4) is 0 Å². The molecule has 18 heavy (non-hydrogen) atoms. The van der Waals surface area contributed by atoms with E-state index in [1.165, 1.54) is 11.1 Å². The van der Waals surface area contributed by atoms with Gasteiger partial charge in [0.25, 0.3) is 0 Å².